The Kier molecular flexibility index (Phi) is 8.78. The van der Waals surface area contributed by atoms with Crippen LogP contribution in [0.1, 0.15) is 41.0 Å². The van der Waals surface area contributed by atoms with Gasteiger partial charge in [0.1, 0.15) is 6.04 Å². The Labute approximate surface area is 136 Å². The lowest BCUT2D eigenvalue weighted by Gasteiger charge is -2.26. The third kappa shape index (κ3) is 7.43. The van der Waals surface area contributed by atoms with Gasteiger partial charge in [0, 0.05) is 0 Å². The van der Waals surface area contributed by atoms with Crippen LogP contribution in [-0.4, -0.2) is 52.2 Å². The summed E-state index contributed by atoms with van der Waals surface area (Å²) in [5.74, 6) is -2.52. The van der Waals surface area contributed by atoms with E-state index in [1.165, 1.54) is 6.92 Å². The number of aliphatic hydroxyl groups is 1. The number of nitrogens with one attached hydrogen (secondary N) is 2. The lowest BCUT2D eigenvalue weighted by Crippen LogP contribution is -2.58. The first-order valence-electron chi connectivity index (χ1n) is 7.74. The van der Waals surface area contributed by atoms with Gasteiger partial charge in [-0.15, -0.1) is 0 Å². The van der Waals surface area contributed by atoms with Gasteiger partial charge in [-0.05, 0) is 25.2 Å². The number of hydrogen-bond donors (Lipinski definition) is 5. The summed E-state index contributed by atoms with van der Waals surface area (Å²) in [5.41, 5.74) is 5.79. The lowest BCUT2D eigenvalue weighted by molar-refractivity contribution is -0.145. The highest BCUT2D eigenvalue weighted by molar-refractivity contribution is 5.92. The van der Waals surface area contributed by atoms with Crippen LogP contribution in [0.5, 0.6) is 0 Å². The van der Waals surface area contributed by atoms with Crippen LogP contribution in [0.25, 0.3) is 0 Å². The molecule has 0 heterocycles. The second-order valence-electron chi connectivity index (χ2n) is 6.53. The van der Waals surface area contributed by atoms with Crippen LogP contribution in [-0.2, 0) is 14.4 Å². The fourth-order valence-corrected chi connectivity index (χ4v) is 2.04. The Morgan fingerprint density at radius 1 is 0.957 bits per heavy atom. The predicted octanol–water partition coefficient (Wildman–Crippen LogP) is -0.549. The summed E-state index contributed by atoms with van der Waals surface area (Å²) in [4.78, 5) is 35.4. The van der Waals surface area contributed by atoms with Crippen molar-refractivity contribution in [1.29, 1.82) is 0 Å². The first-order chi connectivity index (χ1) is 10.5. The maximum absolute atomic E-state index is 12.2. The second kappa shape index (κ2) is 9.46. The van der Waals surface area contributed by atoms with Gasteiger partial charge in [-0.3, -0.25) is 9.59 Å². The Morgan fingerprint density at radius 2 is 1.43 bits per heavy atom. The molecule has 8 nitrogen and oxygen atoms in total. The SMILES string of the molecule is CC(C)CC(N)C(=O)NC(C(=O)NC(C(=O)O)C(C)O)C(C)C. The minimum absolute atomic E-state index is 0.230. The van der Waals surface area contributed by atoms with E-state index in [4.69, 9.17) is 10.8 Å². The second-order valence-corrected chi connectivity index (χ2v) is 6.53. The number of aliphatic hydroxyl groups excluding tert-OH is 1. The highest BCUT2D eigenvalue weighted by Gasteiger charge is 2.31. The van der Waals surface area contributed by atoms with Gasteiger partial charge in [0.05, 0.1) is 12.1 Å². The average molecular weight is 331 g/mol. The number of carboxylic acid groups (broad SMARTS) is 1. The van der Waals surface area contributed by atoms with Crippen LogP contribution in [0, 0.1) is 11.8 Å². The molecule has 0 fully saturated rings. The molecule has 0 aliphatic rings. The van der Waals surface area contributed by atoms with Crippen molar-refractivity contribution in [2.24, 2.45) is 17.6 Å². The van der Waals surface area contributed by atoms with Gasteiger partial charge < -0.3 is 26.6 Å². The number of carbonyl (C=O) groups is 3. The molecule has 0 radical (unpaired) electrons. The molecular weight excluding hydrogens is 302 g/mol. The van der Waals surface area contributed by atoms with Crippen LogP contribution < -0.4 is 16.4 Å². The third-order valence-electron chi connectivity index (χ3n) is 3.36. The summed E-state index contributed by atoms with van der Waals surface area (Å²) >= 11 is 0. The Balaban J connectivity index is 4.94. The molecule has 4 atom stereocenters. The van der Waals surface area contributed by atoms with E-state index in [9.17, 15) is 19.5 Å². The van der Waals surface area contributed by atoms with E-state index in [0.717, 1.165) is 0 Å². The molecule has 2 amide bonds. The van der Waals surface area contributed by atoms with E-state index in [0.29, 0.717) is 6.42 Å². The van der Waals surface area contributed by atoms with Crippen molar-refractivity contribution >= 4 is 17.8 Å². The molecule has 134 valence electrons. The zero-order valence-electron chi connectivity index (χ0n) is 14.4. The molecule has 0 spiro atoms. The minimum Gasteiger partial charge on any atom is -0.480 e. The van der Waals surface area contributed by atoms with E-state index in [2.05, 4.69) is 10.6 Å². The molecule has 0 bridgehead atoms. The van der Waals surface area contributed by atoms with E-state index in [-0.39, 0.29) is 11.8 Å². The van der Waals surface area contributed by atoms with Gasteiger partial charge in [-0.25, -0.2) is 4.79 Å². The number of nitrogens with two attached hydrogens (primary N) is 1. The predicted molar refractivity (Wildman–Crippen MR) is 85.4 cm³/mol. The lowest BCUT2D eigenvalue weighted by atomic mass is 10.00. The molecule has 0 aromatic carbocycles. The highest BCUT2D eigenvalue weighted by atomic mass is 16.4. The molecule has 0 saturated heterocycles. The maximum atomic E-state index is 12.2. The molecular formula is C15H29N3O5. The molecule has 0 aromatic heterocycles. The maximum Gasteiger partial charge on any atom is 0.328 e. The van der Waals surface area contributed by atoms with Crippen LogP contribution in [0.3, 0.4) is 0 Å². The molecule has 8 heteroatoms. The summed E-state index contributed by atoms with van der Waals surface area (Å²) in [7, 11) is 0. The van der Waals surface area contributed by atoms with E-state index < -0.39 is 42.0 Å². The fraction of sp³-hybridized carbons (Fsp3) is 0.800. The zero-order valence-corrected chi connectivity index (χ0v) is 14.4. The molecule has 0 aliphatic carbocycles. The summed E-state index contributed by atoms with van der Waals surface area (Å²) in [6, 6.07) is -3.11. The minimum atomic E-state index is -1.44. The quantitative estimate of drug-likeness (QED) is 0.384. The number of rotatable bonds is 9. The fourth-order valence-electron chi connectivity index (χ4n) is 2.04. The van der Waals surface area contributed by atoms with Crippen molar-refractivity contribution in [2.45, 2.75) is 65.3 Å². The molecule has 0 aromatic rings. The highest BCUT2D eigenvalue weighted by Crippen LogP contribution is 2.07. The summed E-state index contributed by atoms with van der Waals surface area (Å²) in [5, 5.41) is 23.2. The monoisotopic (exact) mass is 331 g/mol. The smallest absolute Gasteiger partial charge is 0.328 e. The largest absolute Gasteiger partial charge is 0.480 e. The molecule has 0 aliphatic heterocycles. The van der Waals surface area contributed by atoms with Gasteiger partial charge >= 0.3 is 5.97 Å². The zero-order chi connectivity index (χ0) is 18.3. The van der Waals surface area contributed by atoms with Crippen LogP contribution in [0.2, 0.25) is 0 Å². The van der Waals surface area contributed by atoms with Crippen molar-refractivity contribution in [2.75, 3.05) is 0 Å². The standard InChI is InChI=1S/C15H29N3O5/c1-7(2)6-10(16)13(20)17-11(8(3)4)14(21)18-12(9(5)19)15(22)23/h7-12,19H,6,16H2,1-5H3,(H,17,20)(H,18,21)(H,22,23). The van der Waals surface area contributed by atoms with Gasteiger partial charge in [0.15, 0.2) is 6.04 Å². The van der Waals surface area contributed by atoms with Crippen molar-refractivity contribution in [3.8, 4) is 0 Å². The number of carboxylic acids is 1. The molecule has 0 saturated carbocycles. The number of carbonyl (C=O) groups excluding carboxylic acids is 2. The van der Waals surface area contributed by atoms with Gasteiger partial charge in [0.2, 0.25) is 11.8 Å². The third-order valence-corrected chi connectivity index (χ3v) is 3.36. The number of hydrogen-bond acceptors (Lipinski definition) is 5. The Bertz CT molecular complexity index is 423. The van der Waals surface area contributed by atoms with Gasteiger partial charge in [-0.1, -0.05) is 27.7 Å². The summed E-state index contributed by atoms with van der Waals surface area (Å²) < 4.78 is 0. The van der Waals surface area contributed by atoms with Crippen molar-refractivity contribution < 1.29 is 24.6 Å². The van der Waals surface area contributed by atoms with Crippen LogP contribution >= 0.6 is 0 Å². The Hall–Kier alpha value is -1.67. The normalized spacial score (nSPS) is 16.6. The summed E-state index contributed by atoms with van der Waals surface area (Å²) in [6.07, 6.45) is -0.785. The molecule has 6 N–H and O–H groups in total. The molecule has 4 unspecified atom stereocenters. The van der Waals surface area contributed by atoms with E-state index in [1.54, 1.807) is 13.8 Å². The van der Waals surface area contributed by atoms with Crippen LogP contribution in [0.4, 0.5) is 0 Å². The number of aliphatic carboxylic acids is 1. The topological polar surface area (TPSA) is 142 Å². The number of amides is 2. The van der Waals surface area contributed by atoms with Gasteiger partial charge in [-0.2, -0.15) is 0 Å². The molecule has 0 rings (SSSR count). The van der Waals surface area contributed by atoms with Crippen LogP contribution in [0.15, 0.2) is 0 Å². The average Bonchev–Trinajstić information content (AvgIpc) is 2.39. The van der Waals surface area contributed by atoms with E-state index in [1.807, 2.05) is 13.8 Å². The summed E-state index contributed by atoms with van der Waals surface area (Å²) in [6.45, 7) is 8.56. The molecule has 23 heavy (non-hydrogen) atoms. The van der Waals surface area contributed by atoms with E-state index >= 15 is 0 Å². The van der Waals surface area contributed by atoms with Gasteiger partial charge in [0.25, 0.3) is 0 Å². The first kappa shape index (κ1) is 21.3. The van der Waals surface area contributed by atoms with Crippen molar-refractivity contribution in [1.82, 2.24) is 10.6 Å². The van der Waals surface area contributed by atoms with Crippen molar-refractivity contribution in [3.63, 3.8) is 0 Å². The Morgan fingerprint density at radius 3 is 1.78 bits per heavy atom. The first-order valence-corrected chi connectivity index (χ1v) is 7.74. The van der Waals surface area contributed by atoms with Crippen molar-refractivity contribution in [3.05, 3.63) is 0 Å².